The lowest BCUT2D eigenvalue weighted by atomic mass is 10.2. The lowest BCUT2D eigenvalue weighted by molar-refractivity contribution is -0.133. The normalized spacial score (nSPS) is 14.4. The van der Waals surface area contributed by atoms with E-state index in [9.17, 15) is 18.0 Å². The molecular formula is C16H23N3O4S. The highest BCUT2D eigenvalue weighted by atomic mass is 32.2. The fourth-order valence-corrected chi connectivity index (χ4v) is 3.88. The largest absolute Gasteiger partial charge is 0.343 e. The first-order chi connectivity index (χ1) is 11.4. The minimum atomic E-state index is -3.54. The van der Waals surface area contributed by atoms with Gasteiger partial charge in [-0.1, -0.05) is 13.8 Å². The van der Waals surface area contributed by atoms with Crippen molar-refractivity contribution < 1.29 is 18.0 Å². The van der Waals surface area contributed by atoms with Gasteiger partial charge in [-0.05, 0) is 30.7 Å². The van der Waals surface area contributed by atoms with Gasteiger partial charge in [0.1, 0.15) is 0 Å². The molecule has 1 fully saturated rings. The number of nitrogens with one attached hydrogen (secondary N) is 1. The van der Waals surface area contributed by atoms with Gasteiger partial charge in [-0.15, -0.1) is 0 Å². The fourth-order valence-electron chi connectivity index (χ4n) is 2.43. The number of carbonyl (C=O) groups is 2. The lowest BCUT2D eigenvalue weighted by Crippen LogP contribution is -2.47. The SMILES string of the molecule is CCN(CC)S(=O)(=O)c1ccc(C(=O)NCC(=O)N2CCC2)cc1. The van der Waals surface area contributed by atoms with Crippen molar-refractivity contribution >= 4 is 21.8 Å². The van der Waals surface area contributed by atoms with Crippen molar-refractivity contribution in [1.82, 2.24) is 14.5 Å². The molecule has 1 N–H and O–H groups in total. The van der Waals surface area contributed by atoms with Gasteiger partial charge in [0.05, 0.1) is 11.4 Å². The summed E-state index contributed by atoms with van der Waals surface area (Å²) in [6.07, 6.45) is 1.00. The molecule has 2 amide bonds. The van der Waals surface area contributed by atoms with Crippen LogP contribution in [0.25, 0.3) is 0 Å². The standard InChI is InChI=1S/C16H23N3O4S/c1-3-19(4-2)24(22,23)14-8-6-13(7-9-14)16(21)17-12-15(20)18-10-5-11-18/h6-9H,3-5,10-12H2,1-2H3,(H,17,21). The molecule has 1 heterocycles. The van der Waals surface area contributed by atoms with Crippen molar-refractivity contribution in [2.75, 3.05) is 32.7 Å². The third-order valence-electron chi connectivity index (χ3n) is 4.07. The molecule has 0 spiro atoms. The van der Waals surface area contributed by atoms with Crippen LogP contribution in [0.15, 0.2) is 29.2 Å². The van der Waals surface area contributed by atoms with E-state index in [2.05, 4.69) is 5.32 Å². The average Bonchev–Trinajstić information content (AvgIpc) is 2.52. The predicted molar refractivity (Wildman–Crippen MR) is 90.1 cm³/mol. The monoisotopic (exact) mass is 353 g/mol. The quantitative estimate of drug-likeness (QED) is 0.781. The number of benzene rings is 1. The number of sulfonamides is 1. The molecule has 2 rings (SSSR count). The van der Waals surface area contributed by atoms with E-state index in [0.29, 0.717) is 18.7 Å². The summed E-state index contributed by atoms with van der Waals surface area (Å²) >= 11 is 0. The van der Waals surface area contributed by atoms with Crippen LogP contribution in [-0.4, -0.2) is 62.2 Å². The summed E-state index contributed by atoms with van der Waals surface area (Å²) < 4.78 is 26.1. The predicted octanol–water partition coefficient (Wildman–Crippen LogP) is 0.679. The van der Waals surface area contributed by atoms with Gasteiger partial charge in [0, 0.05) is 31.7 Å². The summed E-state index contributed by atoms with van der Waals surface area (Å²) in [5.41, 5.74) is 0.324. The highest BCUT2D eigenvalue weighted by Crippen LogP contribution is 2.16. The molecule has 1 aromatic rings. The maximum Gasteiger partial charge on any atom is 0.251 e. The molecule has 0 aliphatic carbocycles. The second-order valence-electron chi connectivity index (χ2n) is 5.53. The van der Waals surface area contributed by atoms with Gasteiger partial charge in [-0.3, -0.25) is 9.59 Å². The van der Waals surface area contributed by atoms with E-state index in [0.717, 1.165) is 19.5 Å². The first-order valence-electron chi connectivity index (χ1n) is 8.06. The Hall–Kier alpha value is -1.93. The van der Waals surface area contributed by atoms with E-state index in [4.69, 9.17) is 0 Å². The number of rotatable bonds is 7. The van der Waals surface area contributed by atoms with Gasteiger partial charge in [-0.25, -0.2) is 8.42 Å². The number of hydrogen-bond acceptors (Lipinski definition) is 4. The molecule has 0 atom stereocenters. The molecule has 0 radical (unpaired) electrons. The Bertz CT molecular complexity index is 693. The van der Waals surface area contributed by atoms with Crippen LogP contribution in [0.3, 0.4) is 0 Å². The Morgan fingerprint density at radius 3 is 2.17 bits per heavy atom. The van der Waals surface area contributed by atoms with Crippen molar-refractivity contribution in [2.24, 2.45) is 0 Å². The first-order valence-corrected chi connectivity index (χ1v) is 9.50. The Balaban J connectivity index is 2.00. The molecule has 1 aliphatic rings. The van der Waals surface area contributed by atoms with Crippen molar-refractivity contribution in [2.45, 2.75) is 25.2 Å². The molecule has 1 saturated heterocycles. The zero-order valence-corrected chi connectivity index (χ0v) is 14.8. The Morgan fingerprint density at radius 1 is 1.12 bits per heavy atom. The van der Waals surface area contributed by atoms with Crippen LogP contribution >= 0.6 is 0 Å². The molecule has 24 heavy (non-hydrogen) atoms. The minimum absolute atomic E-state index is 0.0433. The number of nitrogens with zero attached hydrogens (tertiary/aromatic N) is 2. The molecular weight excluding hydrogens is 330 g/mol. The zero-order valence-electron chi connectivity index (χ0n) is 14.0. The summed E-state index contributed by atoms with van der Waals surface area (Å²) in [5, 5.41) is 2.56. The molecule has 1 aliphatic heterocycles. The number of hydrogen-bond donors (Lipinski definition) is 1. The number of likely N-dealkylation sites (tertiary alicyclic amines) is 1. The van der Waals surface area contributed by atoms with Gasteiger partial charge in [0.2, 0.25) is 15.9 Å². The summed E-state index contributed by atoms with van der Waals surface area (Å²) in [6.45, 7) is 5.77. The van der Waals surface area contributed by atoms with Gasteiger partial charge < -0.3 is 10.2 Å². The first kappa shape index (κ1) is 18.4. The molecule has 8 heteroatoms. The lowest BCUT2D eigenvalue weighted by Gasteiger charge is -2.30. The van der Waals surface area contributed by atoms with Gasteiger partial charge in [0.15, 0.2) is 0 Å². The molecule has 7 nitrogen and oxygen atoms in total. The number of amides is 2. The average molecular weight is 353 g/mol. The van der Waals surface area contributed by atoms with Crippen LogP contribution in [0.2, 0.25) is 0 Å². The third-order valence-corrected chi connectivity index (χ3v) is 6.13. The van der Waals surface area contributed by atoms with Crippen LogP contribution in [0.4, 0.5) is 0 Å². The van der Waals surface area contributed by atoms with Crippen molar-refractivity contribution in [3.8, 4) is 0 Å². The van der Waals surface area contributed by atoms with E-state index in [1.54, 1.807) is 18.7 Å². The van der Waals surface area contributed by atoms with Crippen LogP contribution in [0, 0.1) is 0 Å². The molecule has 132 valence electrons. The van der Waals surface area contributed by atoms with E-state index in [1.807, 2.05) is 0 Å². The van der Waals surface area contributed by atoms with Gasteiger partial charge in [0.25, 0.3) is 5.91 Å². The summed E-state index contributed by atoms with van der Waals surface area (Å²) in [5.74, 6) is -0.494. The molecule has 0 unspecified atom stereocenters. The van der Waals surface area contributed by atoms with Crippen molar-refractivity contribution in [1.29, 1.82) is 0 Å². The fraction of sp³-hybridized carbons (Fsp3) is 0.500. The molecule has 0 bridgehead atoms. The van der Waals surface area contributed by atoms with E-state index in [1.165, 1.54) is 28.6 Å². The van der Waals surface area contributed by atoms with Crippen LogP contribution < -0.4 is 5.32 Å². The van der Waals surface area contributed by atoms with Crippen LogP contribution in [0.5, 0.6) is 0 Å². The smallest absolute Gasteiger partial charge is 0.251 e. The summed E-state index contributed by atoms with van der Waals surface area (Å²) in [4.78, 5) is 25.6. The Morgan fingerprint density at radius 2 is 1.71 bits per heavy atom. The highest BCUT2D eigenvalue weighted by Gasteiger charge is 2.22. The zero-order chi connectivity index (χ0) is 17.7. The van der Waals surface area contributed by atoms with Crippen LogP contribution in [0.1, 0.15) is 30.6 Å². The highest BCUT2D eigenvalue weighted by molar-refractivity contribution is 7.89. The van der Waals surface area contributed by atoms with E-state index in [-0.39, 0.29) is 17.3 Å². The van der Waals surface area contributed by atoms with Gasteiger partial charge >= 0.3 is 0 Å². The topological polar surface area (TPSA) is 86.8 Å². The van der Waals surface area contributed by atoms with E-state index >= 15 is 0 Å². The Labute approximate surface area is 142 Å². The maximum atomic E-state index is 12.4. The third kappa shape index (κ3) is 3.93. The molecule has 1 aromatic carbocycles. The van der Waals surface area contributed by atoms with E-state index < -0.39 is 15.9 Å². The maximum absolute atomic E-state index is 12.4. The second-order valence-corrected chi connectivity index (χ2v) is 7.47. The minimum Gasteiger partial charge on any atom is -0.343 e. The summed E-state index contributed by atoms with van der Waals surface area (Å²) in [7, 11) is -3.54. The van der Waals surface area contributed by atoms with Crippen molar-refractivity contribution in [3.63, 3.8) is 0 Å². The molecule has 0 saturated carbocycles. The second kappa shape index (κ2) is 7.76. The van der Waals surface area contributed by atoms with Gasteiger partial charge in [-0.2, -0.15) is 4.31 Å². The molecule has 0 aromatic heterocycles. The van der Waals surface area contributed by atoms with Crippen LogP contribution in [-0.2, 0) is 14.8 Å². The summed E-state index contributed by atoms with van der Waals surface area (Å²) in [6, 6.07) is 5.75. The number of carbonyl (C=O) groups excluding carboxylic acids is 2. The Kier molecular flexibility index (Phi) is 5.95. The van der Waals surface area contributed by atoms with Crippen molar-refractivity contribution in [3.05, 3.63) is 29.8 Å².